The van der Waals surface area contributed by atoms with E-state index in [-0.39, 0.29) is 16.8 Å². The Hall–Kier alpha value is -2.16. The first-order valence-electron chi connectivity index (χ1n) is 10.6. The molecular formula is C22H31N3O4S. The molecule has 1 N–H and O–H groups in total. The molecule has 2 heterocycles. The number of nitrogens with zero attached hydrogens (tertiary/aromatic N) is 2. The molecule has 1 atom stereocenters. The Morgan fingerprint density at radius 2 is 1.87 bits per heavy atom. The number of nitrogens with one attached hydrogen (secondary N) is 1. The van der Waals surface area contributed by atoms with Gasteiger partial charge in [0.05, 0.1) is 17.2 Å². The lowest BCUT2D eigenvalue weighted by Crippen LogP contribution is -2.38. The fourth-order valence-corrected chi connectivity index (χ4v) is 5.46. The zero-order valence-corrected chi connectivity index (χ0v) is 18.5. The van der Waals surface area contributed by atoms with E-state index in [4.69, 9.17) is 4.42 Å². The number of furan rings is 1. The van der Waals surface area contributed by atoms with Crippen LogP contribution in [0.25, 0.3) is 0 Å². The van der Waals surface area contributed by atoms with Crippen LogP contribution in [0.1, 0.15) is 55.3 Å². The van der Waals surface area contributed by atoms with Crippen molar-refractivity contribution in [2.75, 3.05) is 32.7 Å². The first-order chi connectivity index (χ1) is 14.5. The average Bonchev–Trinajstić information content (AvgIpc) is 3.31. The molecule has 1 aliphatic heterocycles. The molecule has 30 heavy (non-hydrogen) atoms. The van der Waals surface area contributed by atoms with Crippen molar-refractivity contribution < 1.29 is 17.6 Å². The molecule has 164 valence electrons. The van der Waals surface area contributed by atoms with Crippen LogP contribution in [0.2, 0.25) is 0 Å². The Bertz CT molecular complexity index is 918. The zero-order chi connectivity index (χ0) is 21.6. The summed E-state index contributed by atoms with van der Waals surface area (Å²) in [5.41, 5.74) is 0.339. The molecule has 8 heteroatoms. The highest BCUT2D eigenvalue weighted by molar-refractivity contribution is 7.89. The van der Waals surface area contributed by atoms with E-state index in [9.17, 15) is 13.2 Å². The Balaban J connectivity index is 1.73. The fourth-order valence-electron chi connectivity index (χ4n) is 3.90. The number of amides is 1. The van der Waals surface area contributed by atoms with Crippen LogP contribution in [0.15, 0.2) is 52.0 Å². The van der Waals surface area contributed by atoms with Gasteiger partial charge in [0.2, 0.25) is 10.0 Å². The minimum absolute atomic E-state index is 0.0841. The quantitative estimate of drug-likeness (QED) is 0.656. The molecule has 0 saturated carbocycles. The number of benzene rings is 1. The van der Waals surface area contributed by atoms with Gasteiger partial charge >= 0.3 is 0 Å². The van der Waals surface area contributed by atoms with E-state index in [0.29, 0.717) is 25.2 Å². The van der Waals surface area contributed by atoms with E-state index < -0.39 is 10.0 Å². The predicted molar refractivity (Wildman–Crippen MR) is 116 cm³/mol. The van der Waals surface area contributed by atoms with Crippen molar-refractivity contribution >= 4 is 15.9 Å². The molecule has 2 aromatic rings. The summed E-state index contributed by atoms with van der Waals surface area (Å²) in [6, 6.07) is 9.95. The number of carbonyl (C=O) groups excluding carboxylic acids is 1. The highest BCUT2D eigenvalue weighted by atomic mass is 32.2. The average molecular weight is 434 g/mol. The maximum atomic E-state index is 12.9. The Labute approximate surface area is 179 Å². The van der Waals surface area contributed by atoms with Crippen molar-refractivity contribution in [3.05, 3.63) is 54.0 Å². The standard InChI is InChI=1S/C22H31N3O4S/c1-3-24(4-2)20(21-12-9-15-29-21)17-23-22(26)18-10-8-11-19(16-18)30(27,28)25-13-6-5-7-14-25/h8-12,15-16,20H,3-7,13-14,17H2,1-2H3,(H,23,26). The van der Waals surface area contributed by atoms with Gasteiger partial charge in [0.1, 0.15) is 5.76 Å². The van der Waals surface area contributed by atoms with Crippen molar-refractivity contribution in [3.63, 3.8) is 0 Å². The van der Waals surface area contributed by atoms with Crippen molar-refractivity contribution in [2.45, 2.75) is 44.0 Å². The third-order valence-corrected chi connectivity index (χ3v) is 7.52. The van der Waals surface area contributed by atoms with Gasteiger partial charge in [-0.15, -0.1) is 0 Å². The molecule has 7 nitrogen and oxygen atoms in total. The van der Waals surface area contributed by atoms with Crippen LogP contribution >= 0.6 is 0 Å². The number of piperidine rings is 1. The van der Waals surface area contributed by atoms with E-state index in [1.54, 1.807) is 24.5 Å². The zero-order valence-electron chi connectivity index (χ0n) is 17.7. The number of sulfonamides is 1. The van der Waals surface area contributed by atoms with Gasteiger partial charge in [-0.2, -0.15) is 4.31 Å². The Morgan fingerprint density at radius 3 is 2.50 bits per heavy atom. The van der Waals surface area contributed by atoms with Gasteiger partial charge in [-0.05, 0) is 56.3 Å². The van der Waals surface area contributed by atoms with Crippen molar-refractivity contribution in [3.8, 4) is 0 Å². The largest absolute Gasteiger partial charge is 0.468 e. The SMILES string of the molecule is CCN(CC)C(CNC(=O)c1cccc(S(=O)(=O)N2CCCCC2)c1)c1ccco1. The molecular weight excluding hydrogens is 402 g/mol. The van der Waals surface area contributed by atoms with Crippen molar-refractivity contribution in [2.24, 2.45) is 0 Å². The molecule has 1 aliphatic rings. The van der Waals surface area contributed by atoms with Gasteiger partial charge < -0.3 is 9.73 Å². The lowest BCUT2D eigenvalue weighted by atomic mass is 10.1. The molecule has 0 bridgehead atoms. The molecule has 1 saturated heterocycles. The lowest BCUT2D eigenvalue weighted by Gasteiger charge is -2.28. The van der Waals surface area contributed by atoms with E-state index >= 15 is 0 Å². The second-order valence-electron chi connectivity index (χ2n) is 7.46. The minimum Gasteiger partial charge on any atom is -0.468 e. The first kappa shape index (κ1) is 22.5. The molecule has 1 aromatic heterocycles. The van der Waals surface area contributed by atoms with Gasteiger partial charge in [-0.1, -0.05) is 26.3 Å². The van der Waals surface area contributed by atoms with E-state index in [1.165, 1.54) is 10.4 Å². The van der Waals surface area contributed by atoms with E-state index in [0.717, 1.165) is 38.1 Å². The van der Waals surface area contributed by atoms with Crippen LogP contribution in [0.3, 0.4) is 0 Å². The highest BCUT2D eigenvalue weighted by Crippen LogP contribution is 2.22. The van der Waals surface area contributed by atoms with E-state index in [2.05, 4.69) is 24.1 Å². The van der Waals surface area contributed by atoms with Crippen LogP contribution < -0.4 is 5.32 Å². The van der Waals surface area contributed by atoms with Gasteiger partial charge in [0, 0.05) is 25.2 Å². The van der Waals surface area contributed by atoms with Crippen LogP contribution in [-0.4, -0.2) is 56.3 Å². The summed E-state index contributed by atoms with van der Waals surface area (Å²) in [5.74, 6) is 0.495. The number of hydrogen-bond donors (Lipinski definition) is 1. The smallest absolute Gasteiger partial charge is 0.251 e. The maximum absolute atomic E-state index is 12.9. The number of rotatable bonds is 9. The van der Waals surface area contributed by atoms with Crippen LogP contribution in [-0.2, 0) is 10.0 Å². The molecule has 1 fully saturated rings. The number of likely N-dealkylation sites (N-methyl/N-ethyl adjacent to an activating group) is 1. The van der Waals surface area contributed by atoms with E-state index in [1.807, 2.05) is 12.1 Å². The molecule has 3 rings (SSSR count). The monoisotopic (exact) mass is 433 g/mol. The Morgan fingerprint density at radius 1 is 1.13 bits per heavy atom. The number of hydrogen-bond acceptors (Lipinski definition) is 5. The molecule has 0 spiro atoms. The normalized spacial score (nSPS) is 16.5. The fraction of sp³-hybridized carbons (Fsp3) is 0.500. The van der Waals surface area contributed by atoms with Gasteiger partial charge in [-0.3, -0.25) is 9.69 Å². The summed E-state index contributed by atoms with van der Waals surface area (Å²) in [5, 5.41) is 2.95. The van der Waals surface area contributed by atoms with Crippen LogP contribution in [0.5, 0.6) is 0 Å². The van der Waals surface area contributed by atoms with Gasteiger partial charge in [0.25, 0.3) is 5.91 Å². The second-order valence-corrected chi connectivity index (χ2v) is 9.39. The molecule has 1 unspecified atom stereocenters. The van der Waals surface area contributed by atoms with Crippen LogP contribution in [0, 0.1) is 0 Å². The number of carbonyl (C=O) groups is 1. The summed E-state index contributed by atoms with van der Waals surface area (Å²) < 4.78 is 32.9. The van der Waals surface area contributed by atoms with Gasteiger partial charge in [0.15, 0.2) is 0 Å². The Kier molecular flexibility index (Phi) is 7.69. The molecule has 1 aromatic carbocycles. The maximum Gasteiger partial charge on any atom is 0.251 e. The van der Waals surface area contributed by atoms with Crippen molar-refractivity contribution in [1.29, 1.82) is 0 Å². The highest BCUT2D eigenvalue weighted by Gasteiger charge is 2.27. The third-order valence-electron chi connectivity index (χ3n) is 5.63. The lowest BCUT2D eigenvalue weighted by molar-refractivity contribution is 0.0929. The van der Waals surface area contributed by atoms with Crippen LogP contribution in [0.4, 0.5) is 0 Å². The summed E-state index contributed by atoms with van der Waals surface area (Å²) in [6.07, 6.45) is 4.43. The summed E-state index contributed by atoms with van der Waals surface area (Å²) in [4.78, 5) is 15.2. The minimum atomic E-state index is -3.58. The summed E-state index contributed by atoms with van der Waals surface area (Å²) in [6.45, 7) is 7.22. The molecule has 1 amide bonds. The summed E-state index contributed by atoms with van der Waals surface area (Å²) >= 11 is 0. The van der Waals surface area contributed by atoms with Gasteiger partial charge in [-0.25, -0.2) is 8.42 Å². The first-order valence-corrected chi connectivity index (χ1v) is 12.1. The second kappa shape index (κ2) is 10.2. The summed E-state index contributed by atoms with van der Waals surface area (Å²) in [7, 11) is -3.58. The third kappa shape index (κ3) is 5.11. The predicted octanol–water partition coefficient (Wildman–Crippen LogP) is 3.27. The topological polar surface area (TPSA) is 82.9 Å². The molecule has 0 aliphatic carbocycles. The molecule has 0 radical (unpaired) electrons. The van der Waals surface area contributed by atoms with Crippen molar-refractivity contribution in [1.82, 2.24) is 14.5 Å².